The van der Waals surface area contributed by atoms with E-state index in [0.717, 1.165) is 32.4 Å². The molecule has 0 bridgehead atoms. The van der Waals surface area contributed by atoms with E-state index >= 15 is 0 Å². The number of nitrogens with two attached hydrogens (primary N) is 1. The molecule has 0 aliphatic carbocycles. The summed E-state index contributed by atoms with van der Waals surface area (Å²) < 4.78 is 0. The van der Waals surface area contributed by atoms with E-state index in [2.05, 4.69) is 24.3 Å². The monoisotopic (exact) mass is 232 g/mol. The van der Waals surface area contributed by atoms with E-state index in [-0.39, 0.29) is 12.5 Å². The van der Waals surface area contributed by atoms with Gasteiger partial charge in [-0.1, -0.05) is 30.3 Å². The van der Waals surface area contributed by atoms with Crippen LogP contribution in [0, 0.1) is 5.92 Å². The number of benzene rings is 1. The first-order valence-electron chi connectivity index (χ1n) is 6.31. The first kappa shape index (κ1) is 12.1. The average molecular weight is 232 g/mol. The highest BCUT2D eigenvalue weighted by molar-refractivity contribution is 5.78. The van der Waals surface area contributed by atoms with E-state index in [4.69, 9.17) is 5.73 Å². The van der Waals surface area contributed by atoms with Crippen LogP contribution in [0.15, 0.2) is 30.3 Å². The van der Waals surface area contributed by atoms with E-state index in [9.17, 15) is 4.79 Å². The van der Waals surface area contributed by atoms with Gasteiger partial charge in [0.05, 0.1) is 6.54 Å². The van der Waals surface area contributed by atoms with Gasteiger partial charge in [0.25, 0.3) is 0 Å². The predicted molar refractivity (Wildman–Crippen MR) is 68.5 cm³/mol. The summed E-state index contributed by atoms with van der Waals surface area (Å²) in [5.41, 5.74) is 6.77. The summed E-state index contributed by atoms with van der Waals surface area (Å²) in [7, 11) is 0. The Kier molecular flexibility index (Phi) is 4.15. The fourth-order valence-corrected chi connectivity index (χ4v) is 2.46. The molecule has 1 aromatic carbocycles. The zero-order valence-corrected chi connectivity index (χ0v) is 10.1. The van der Waals surface area contributed by atoms with Crippen molar-refractivity contribution < 1.29 is 4.79 Å². The van der Waals surface area contributed by atoms with Gasteiger partial charge in [-0.25, -0.2) is 0 Å². The van der Waals surface area contributed by atoms with E-state index < -0.39 is 0 Å². The molecule has 0 saturated carbocycles. The predicted octanol–water partition coefficient (Wildman–Crippen LogP) is 1.43. The van der Waals surface area contributed by atoms with Gasteiger partial charge in [-0.3, -0.25) is 4.79 Å². The van der Waals surface area contributed by atoms with Crippen LogP contribution < -0.4 is 5.73 Å². The second kappa shape index (κ2) is 5.82. The van der Waals surface area contributed by atoms with Crippen LogP contribution in [0.3, 0.4) is 0 Å². The number of nitrogens with zero attached hydrogens (tertiary/aromatic N) is 1. The third-order valence-electron chi connectivity index (χ3n) is 3.51. The Morgan fingerprint density at radius 2 is 1.88 bits per heavy atom. The number of piperidine rings is 1. The molecule has 0 atom stereocenters. The fraction of sp³-hybridized carbons (Fsp3) is 0.500. The van der Waals surface area contributed by atoms with E-state index in [0.29, 0.717) is 5.92 Å². The smallest absolute Gasteiger partial charge is 0.236 e. The lowest BCUT2D eigenvalue weighted by molar-refractivity contribution is -0.131. The summed E-state index contributed by atoms with van der Waals surface area (Å²) in [5.74, 6) is 0.794. The van der Waals surface area contributed by atoms with Crippen molar-refractivity contribution in [1.29, 1.82) is 0 Å². The SMILES string of the molecule is NCC(=O)N1CCC(Cc2ccccc2)CC1. The number of amides is 1. The van der Waals surface area contributed by atoms with Crippen molar-refractivity contribution in [2.75, 3.05) is 19.6 Å². The molecule has 0 spiro atoms. The third kappa shape index (κ3) is 3.30. The molecule has 1 heterocycles. The summed E-state index contributed by atoms with van der Waals surface area (Å²) in [6.45, 7) is 1.88. The Bertz CT molecular complexity index is 356. The standard InChI is InChI=1S/C14H20N2O/c15-11-14(17)16-8-6-13(7-9-16)10-12-4-2-1-3-5-12/h1-5,13H,6-11,15H2. The lowest BCUT2D eigenvalue weighted by Crippen LogP contribution is -2.41. The van der Waals surface area contributed by atoms with Crippen molar-refractivity contribution in [3.8, 4) is 0 Å². The molecular formula is C14H20N2O. The molecule has 1 aromatic rings. The van der Waals surface area contributed by atoms with E-state index in [1.807, 2.05) is 11.0 Å². The van der Waals surface area contributed by atoms with Crippen molar-refractivity contribution in [3.63, 3.8) is 0 Å². The van der Waals surface area contributed by atoms with Gasteiger partial charge in [0.15, 0.2) is 0 Å². The zero-order valence-electron chi connectivity index (χ0n) is 10.1. The number of hydrogen-bond acceptors (Lipinski definition) is 2. The number of hydrogen-bond donors (Lipinski definition) is 1. The summed E-state index contributed by atoms with van der Waals surface area (Å²) in [6, 6.07) is 10.6. The normalized spacial score (nSPS) is 17.1. The molecule has 1 aliphatic heterocycles. The van der Waals surface area contributed by atoms with Gasteiger partial charge in [0.1, 0.15) is 0 Å². The van der Waals surface area contributed by atoms with Crippen LogP contribution in [-0.4, -0.2) is 30.4 Å². The third-order valence-corrected chi connectivity index (χ3v) is 3.51. The summed E-state index contributed by atoms with van der Waals surface area (Å²) >= 11 is 0. The largest absolute Gasteiger partial charge is 0.342 e. The maximum absolute atomic E-state index is 11.4. The highest BCUT2D eigenvalue weighted by atomic mass is 16.2. The molecule has 1 amide bonds. The fourth-order valence-electron chi connectivity index (χ4n) is 2.46. The molecule has 92 valence electrons. The lowest BCUT2D eigenvalue weighted by atomic mass is 9.90. The van der Waals surface area contributed by atoms with Crippen molar-refractivity contribution in [2.45, 2.75) is 19.3 Å². The molecule has 17 heavy (non-hydrogen) atoms. The Hall–Kier alpha value is -1.35. The van der Waals surface area contributed by atoms with Gasteiger partial charge in [-0.2, -0.15) is 0 Å². The number of carbonyl (C=O) groups excluding carboxylic acids is 1. The maximum atomic E-state index is 11.4. The second-order valence-corrected chi connectivity index (χ2v) is 4.72. The van der Waals surface area contributed by atoms with Crippen LogP contribution in [0.5, 0.6) is 0 Å². The van der Waals surface area contributed by atoms with Gasteiger partial charge in [0.2, 0.25) is 5.91 Å². The maximum Gasteiger partial charge on any atom is 0.236 e. The number of likely N-dealkylation sites (tertiary alicyclic amines) is 1. The lowest BCUT2D eigenvalue weighted by Gasteiger charge is -2.31. The van der Waals surface area contributed by atoms with Gasteiger partial charge < -0.3 is 10.6 Å². The minimum Gasteiger partial charge on any atom is -0.342 e. The average Bonchev–Trinajstić information content (AvgIpc) is 2.40. The van der Waals surface area contributed by atoms with Crippen LogP contribution in [-0.2, 0) is 11.2 Å². The van der Waals surface area contributed by atoms with E-state index in [1.165, 1.54) is 5.56 Å². The zero-order chi connectivity index (χ0) is 12.1. The van der Waals surface area contributed by atoms with Gasteiger partial charge >= 0.3 is 0 Å². The van der Waals surface area contributed by atoms with Crippen LogP contribution in [0.1, 0.15) is 18.4 Å². The highest BCUT2D eigenvalue weighted by Gasteiger charge is 2.21. The summed E-state index contributed by atoms with van der Waals surface area (Å²) in [6.07, 6.45) is 3.33. The van der Waals surface area contributed by atoms with Crippen LogP contribution in [0.25, 0.3) is 0 Å². The molecule has 3 heteroatoms. The van der Waals surface area contributed by atoms with Crippen LogP contribution in [0.4, 0.5) is 0 Å². The first-order valence-corrected chi connectivity index (χ1v) is 6.31. The van der Waals surface area contributed by atoms with Crippen molar-refractivity contribution in [2.24, 2.45) is 11.7 Å². The Morgan fingerprint density at radius 3 is 2.47 bits per heavy atom. The number of rotatable bonds is 3. The molecule has 1 saturated heterocycles. The van der Waals surface area contributed by atoms with Crippen LogP contribution in [0.2, 0.25) is 0 Å². The van der Waals surface area contributed by atoms with Crippen molar-refractivity contribution in [3.05, 3.63) is 35.9 Å². The first-order chi connectivity index (χ1) is 8.29. The molecule has 1 aliphatic rings. The molecular weight excluding hydrogens is 212 g/mol. The topological polar surface area (TPSA) is 46.3 Å². The summed E-state index contributed by atoms with van der Waals surface area (Å²) in [5, 5.41) is 0. The van der Waals surface area contributed by atoms with Crippen molar-refractivity contribution in [1.82, 2.24) is 4.90 Å². The molecule has 0 radical (unpaired) electrons. The Balaban J connectivity index is 1.82. The highest BCUT2D eigenvalue weighted by Crippen LogP contribution is 2.21. The molecule has 0 aromatic heterocycles. The summed E-state index contributed by atoms with van der Waals surface area (Å²) in [4.78, 5) is 13.3. The molecule has 1 fully saturated rings. The minimum absolute atomic E-state index is 0.0863. The molecule has 3 nitrogen and oxygen atoms in total. The molecule has 2 rings (SSSR count). The second-order valence-electron chi connectivity index (χ2n) is 4.72. The quantitative estimate of drug-likeness (QED) is 0.857. The Morgan fingerprint density at radius 1 is 1.24 bits per heavy atom. The van der Waals surface area contributed by atoms with Crippen molar-refractivity contribution >= 4 is 5.91 Å². The van der Waals surface area contributed by atoms with Gasteiger partial charge in [-0.05, 0) is 30.7 Å². The van der Waals surface area contributed by atoms with Crippen LogP contribution >= 0.6 is 0 Å². The molecule has 0 unspecified atom stereocenters. The Labute approximate surface area is 103 Å². The molecule has 2 N–H and O–H groups in total. The minimum atomic E-state index is 0.0863. The van der Waals surface area contributed by atoms with Gasteiger partial charge in [0, 0.05) is 13.1 Å². The number of carbonyl (C=O) groups is 1. The van der Waals surface area contributed by atoms with Gasteiger partial charge in [-0.15, -0.1) is 0 Å². The van der Waals surface area contributed by atoms with E-state index in [1.54, 1.807) is 0 Å².